The van der Waals surface area contributed by atoms with Gasteiger partial charge in [0.15, 0.2) is 0 Å². The second kappa shape index (κ2) is 6.68. The van der Waals surface area contributed by atoms with Crippen LogP contribution in [0.4, 0.5) is 0 Å². The SMILES string of the molecule is CCN(CC(=O)O)C(=O)CCc1ccccc1. The van der Waals surface area contributed by atoms with Crippen molar-refractivity contribution in [3.63, 3.8) is 0 Å². The van der Waals surface area contributed by atoms with E-state index in [-0.39, 0.29) is 12.5 Å². The molecule has 0 fully saturated rings. The third-order valence-corrected chi connectivity index (χ3v) is 2.53. The molecule has 0 radical (unpaired) electrons. The van der Waals surface area contributed by atoms with Crippen LogP contribution in [0.1, 0.15) is 18.9 Å². The molecule has 0 spiro atoms. The minimum Gasteiger partial charge on any atom is -0.480 e. The molecule has 1 aromatic rings. The van der Waals surface area contributed by atoms with Crippen molar-refractivity contribution in [1.82, 2.24) is 4.90 Å². The minimum atomic E-state index is -0.972. The van der Waals surface area contributed by atoms with E-state index >= 15 is 0 Å². The van der Waals surface area contributed by atoms with Crippen molar-refractivity contribution in [2.75, 3.05) is 13.1 Å². The van der Waals surface area contributed by atoms with Crippen molar-refractivity contribution in [2.45, 2.75) is 19.8 Å². The van der Waals surface area contributed by atoms with Gasteiger partial charge in [-0.05, 0) is 18.9 Å². The maximum Gasteiger partial charge on any atom is 0.323 e. The van der Waals surface area contributed by atoms with E-state index in [1.165, 1.54) is 4.90 Å². The van der Waals surface area contributed by atoms with Crippen LogP contribution >= 0.6 is 0 Å². The van der Waals surface area contributed by atoms with Crippen LogP contribution in [0, 0.1) is 0 Å². The van der Waals surface area contributed by atoms with Crippen molar-refractivity contribution < 1.29 is 14.7 Å². The summed E-state index contributed by atoms with van der Waals surface area (Å²) in [6, 6.07) is 9.69. The van der Waals surface area contributed by atoms with Crippen molar-refractivity contribution >= 4 is 11.9 Å². The van der Waals surface area contributed by atoms with Gasteiger partial charge in [-0.15, -0.1) is 0 Å². The van der Waals surface area contributed by atoms with Crippen molar-refractivity contribution in [3.05, 3.63) is 35.9 Å². The number of carboxylic acids is 1. The van der Waals surface area contributed by atoms with Gasteiger partial charge in [-0.25, -0.2) is 0 Å². The number of carboxylic acid groups (broad SMARTS) is 1. The van der Waals surface area contributed by atoms with Crippen LogP contribution in [0.15, 0.2) is 30.3 Å². The highest BCUT2D eigenvalue weighted by molar-refractivity contribution is 5.81. The standard InChI is InChI=1S/C13H17NO3/c1-2-14(10-13(16)17)12(15)9-8-11-6-4-3-5-7-11/h3-7H,2,8-10H2,1H3,(H,16,17). The van der Waals surface area contributed by atoms with Crippen molar-refractivity contribution in [3.8, 4) is 0 Å². The molecular weight excluding hydrogens is 218 g/mol. The molecule has 4 heteroatoms. The molecule has 0 aliphatic carbocycles. The summed E-state index contributed by atoms with van der Waals surface area (Å²) in [6.45, 7) is 1.99. The Bertz CT molecular complexity index is 376. The maximum absolute atomic E-state index is 11.7. The monoisotopic (exact) mass is 235 g/mol. The fourth-order valence-electron chi connectivity index (χ4n) is 1.59. The van der Waals surface area contributed by atoms with Gasteiger partial charge in [0, 0.05) is 13.0 Å². The number of hydrogen-bond donors (Lipinski definition) is 1. The molecule has 0 bridgehead atoms. The third-order valence-electron chi connectivity index (χ3n) is 2.53. The van der Waals surface area contributed by atoms with Crippen LogP contribution in [0.25, 0.3) is 0 Å². The normalized spacial score (nSPS) is 9.94. The molecule has 0 aliphatic heterocycles. The molecule has 0 heterocycles. The van der Waals surface area contributed by atoms with E-state index in [2.05, 4.69) is 0 Å². The van der Waals surface area contributed by atoms with Crippen LogP contribution in [0.2, 0.25) is 0 Å². The molecule has 1 N–H and O–H groups in total. The Morgan fingerprint density at radius 3 is 2.41 bits per heavy atom. The predicted molar refractivity (Wildman–Crippen MR) is 64.7 cm³/mol. The van der Waals surface area contributed by atoms with Gasteiger partial charge in [0.25, 0.3) is 0 Å². The highest BCUT2D eigenvalue weighted by Gasteiger charge is 2.14. The molecule has 0 saturated heterocycles. The van der Waals surface area contributed by atoms with Crippen LogP contribution in [0.5, 0.6) is 0 Å². The lowest BCUT2D eigenvalue weighted by Gasteiger charge is -2.18. The van der Waals surface area contributed by atoms with E-state index in [1.54, 1.807) is 6.92 Å². The topological polar surface area (TPSA) is 57.6 Å². The van der Waals surface area contributed by atoms with E-state index in [0.717, 1.165) is 5.56 Å². The fraction of sp³-hybridized carbons (Fsp3) is 0.385. The summed E-state index contributed by atoms with van der Waals surface area (Å²) in [6.07, 6.45) is 1.00. The second-order valence-electron chi connectivity index (χ2n) is 3.79. The summed E-state index contributed by atoms with van der Waals surface area (Å²) >= 11 is 0. The number of carbonyl (C=O) groups excluding carboxylic acids is 1. The highest BCUT2D eigenvalue weighted by Crippen LogP contribution is 2.04. The highest BCUT2D eigenvalue weighted by atomic mass is 16.4. The first-order valence-corrected chi connectivity index (χ1v) is 5.67. The Morgan fingerprint density at radius 1 is 1.24 bits per heavy atom. The zero-order chi connectivity index (χ0) is 12.7. The van der Waals surface area contributed by atoms with E-state index in [0.29, 0.717) is 19.4 Å². The summed E-state index contributed by atoms with van der Waals surface area (Å²) in [5.74, 6) is -1.08. The number of benzene rings is 1. The summed E-state index contributed by atoms with van der Waals surface area (Å²) in [4.78, 5) is 23.7. The first-order valence-electron chi connectivity index (χ1n) is 5.67. The van der Waals surface area contributed by atoms with Gasteiger partial charge in [-0.3, -0.25) is 9.59 Å². The molecule has 1 amide bonds. The molecule has 17 heavy (non-hydrogen) atoms. The summed E-state index contributed by atoms with van der Waals surface area (Å²) in [5.41, 5.74) is 1.09. The Morgan fingerprint density at radius 2 is 1.88 bits per heavy atom. The number of aryl methyl sites for hydroxylation is 1. The molecule has 0 atom stereocenters. The maximum atomic E-state index is 11.7. The number of rotatable bonds is 6. The van der Waals surface area contributed by atoms with Gasteiger partial charge in [-0.1, -0.05) is 30.3 Å². The summed E-state index contributed by atoms with van der Waals surface area (Å²) in [7, 11) is 0. The number of hydrogen-bond acceptors (Lipinski definition) is 2. The Hall–Kier alpha value is -1.84. The van der Waals surface area contributed by atoms with E-state index < -0.39 is 5.97 Å². The molecule has 4 nitrogen and oxygen atoms in total. The summed E-state index contributed by atoms with van der Waals surface area (Å²) in [5, 5.41) is 8.66. The van der Waals surface area contributed by atoms with Crippen molar-refractivity contribution in [2.24, 2.45) is 0 Å². The lowest BCUT2D eigenvalue weighted by molar-refractivity contribution is -0.144. The number of aliphatic carboxylic acids is 1. The molecule has 0 aromatic heterocycles. The first-order chi connectivity index (χ1) is 8.13. The van der Waals surface area contributed by atoms with Crippen LogP contribution in [0.3, 0.4) is 0 Å². The average Bonchev–Trinajstić information content (AvgIpc) is 2.34. The quantitative estimate of drug-likeness (QED) is 0.814. The molecule has 0 saturated carbocycles. The van der Waals surface area contributed by atoms with E-state index in [4.69, 9.17) is 5.11 Å². The van der Waals surface area contributed by atoms with E-state index in [1.807, 2.05) is 30.3 Å². The Balaban J connectivity index is 2.45. The van der Waals surface area contributed by atoms with Crippen molar-refractivity contribution in [1.29, 1.82) is 0 Å². The fourth-order valence-corrected chi connectivity index (χ4v) is 1.59. The molecule has 92 valence electrons. The van der Waals surface area contributed by atoms with E-state index in [9.17, 15) is 9.59 Å². The van der Waals surface area contributed by atoms with Crippen LogP contribution in [-0.2, 0) is 16.0 Å². The lowest BCUT2D eigenvalue weighted by atomic mass is 10.1. The number of nitrogens with zero attached hydrogens (tertiary/aromatic N) is 1. The van der Waals surface area contributed by atoms with Gasteiger partial charge < -0.3 is 10.0 Å². The molecular formula is C13H17NO3. The first kappa shape index (κ1) is 13.2. The van der Waals surface area contributed by atoms with Gasteiger partial charge in [0.2, 0.25) is 5.91 Å². The number of likely N-dealkylation sites (N-methyl/N-ethyl adjacent to an activating group) is 1. The molecule has 1 rings (SSSR count). The van der Waals surface area contributed by atoms with Gasteiger partial charge in [-0.2, -0.15) is 0 Å². The minimum absolute atomic E-state index is 0.112. The third kappa shape index (κ3) is 4.68. The van der Waals surface area contributed by atoms with Crippen LogP contribution < -0.4 is 0 Å². The smallest absolute Gasteiger partial charge is 0.323 e. The second-order valence-corrected chi connectivity index (χ2v) is 3.79. The summed E-state index contributed by atoms with van der Waals surface area (Å²) < 4.78 is 0. The average molecular weight is 235 g/mol. The van der Waals surface area contributed by atoms with Gasteiger partial charge >= 0.3 is 5.97 Å². The Labute approximate surface area is 101 Å². The van der Waals surface area contributed by atoms with Gasteiger partial charge in [0.05, 0.1) is 0 Å². The number of amides is 1. The largest absolute Gasteiger partial charge is 0.480 e. The van der Waals surface area contributed by atoms with Crippen LogP contribution in [-0.4, -0.2) is 35.0 Å². The zero-order valence-electron chi connectivity index (χ0n) is 9.93. The number of carbonyl (C=O) groups is 2. The molecule has 1 aromatic carbocycles. The molecule has 0 unspecified atom stereocenters. The lowest BCUT2D eigenvalue weighted by Crippen LogP contribution is -2.35. The Kier molecular flexibility index (Phi) is 5.20. The predicted octanol–water partition coefficient (Wildman–Crippen LogP) is 1.55. The zero-order valence-corrected chi connectivity index (χ0v) is 9.93. The molecule has 0 aliphatic rings. The van der Waals surface area contributed by atoms with Gasteiger partial charge in [0.1, 0.15) is 6.54 Å².